The van der Waals surface area contributed by atoms with Crippen LogP contribution in [0, 0.1) is 0 Å². The molecule has 0 atom stereocenters. The van der Waals surface area contributed by atoms with Crippen molar-refractivity contribution in [3.63, 3.8) is 0 Å². The van der Waals surface area contributed by atoms with Crippen molar-refractivity contribution in [1.82, 2.24) is 9.29 Å². The first kappa shape index (κ1) is 21.4. The molecule has 1 fully saturated rings. The van der Waals surface area contributed by atoms with E-state index in [4.69, 9.17) is 0 Å². The maximum Gasteiger partial charge on any atom is 0.243 e. The van der Waals surface area contributed by atoms with Crippen LogP contribution in [0.25, 0.3) is 17.3 Å². The Kier molecular flexibility index (Phi) is 6.91. The van der Waals surface area contributed by atoms with Crippen molar-refractivity contribution in [1.29, 1.82) is 0 Å². The average molecular weight is 453 g/mol. The highest BCUT2D eigenvalue weighted by atomic mass is 32.2. The van der Waals surface area contributed by atoms with Gasteiger partial charge in [-0.25, -0.2) is 13.4 Å². The Hall–Kier alpha value is -2.81. The summed E-state index contributed by atoms with van der Waals surface area (Å²) >= 11 is 1.42. The Balaban J connectivity index is 1.42. The summed E-state index contributed by atoms with van der Waals surface area (Å²) in [6.07, 6.45) is 8.41. The third kappa shape index (κ3) is 5.46. The average Bonchev–Trinajstić information content (AvgIpc) is 3.29. The lowest BCUT2D eigenvalue weighted by Gasteiger charge is -2.26. The number of anilines is 1. The van der Waals surface area contributed by atoms with E-state index >= 15 is 0 Å². The first-order chi connectivity index (χ1) is 15.1. The number of aromatic nitrogens is 1. The molecule has 0 spiro atoms. The number of sulfonamides is 1. The molecule has 31 heavy (non-hydrogen) atoms. The van der Waals surface area contributed by atoms with Crippen molar-refractivity contribution in [2.75, 3.05) is 18.5 Å². The SMILES string of the molecule is O=S(=O)(c1cccc(-c2csc(NN=CC=Cc3ccccc3)n2)c1)N1CCCCC1. The number of hydrogen-bond donors (Lipinski definition) is 1. The fraction of sp³-hybridized carbons (Fsp3) is 0.217. The molecular formula is C23H24N4O2S2. The summed E-state index contributed by atoms with van der Waals surface area (Å²) in [5, 5.41) is 6.70. The van der Waals surface area contributed by atoms with Gasteiger partial charge in [-0.2, -0.15) is 9.41 Å². The minimum atomic E-state index is -3.47. The highest BCUT2D eigenvalue weighted by molar-refractivity contribution is 7.89. The van der Waals surface area contributed by atoms with Gasteiger partial charge in [0.05, 0.1) is 10.6 Å². The summed E-state index contributed by atoms with van der Waals surface area (Å²) in [6.45, 7) is 1.18. The minimum Gasteiger partial charge on any atom is -0.253 e. The van der Waals surface area contributed by atoms with Crippen molar-refractivity contribution in [2.45, 2.75) is 24.2 Å². The van der Waals surface area contributed by atoms with Gasteiger partial charge in [-0.3, -0.25) is 5.43 Å². The monoisotopic (exact) mass is 452 g/mol. The van der Waals surface area contributed by atoms with Crippen LogP contribution in [0.5, 0.6) is 0 Å². The molecule has 6 nitrogen and oxygen atoms in total. The van der Waals surface area contributed by atoms with E-state index in [1.54, 1.807) is 28.7 Å². The summed E-state index contributed by atoms with van der Waals surface area (Å²) in [7, 11) is -3.47. The number of piperidine rings is 1. The van der Waals surface area contributed by atoms with Gasteiger partial charge < -0.3 is 0 Å². The summed E-state index contributed by atoms with van der Waals surface area (Å²) in [5.41, 5.74) is 5.51. The molecule has 2 heterocycles. The molecule has 1 aliphatic rings. The Bertz CT molecular complexity index is 1170. The predicted molar refractivity (Wildman–Crippen MR) is 128 cm³/mol. The topological polar surface area (TPSA) is 74.7 Å². The van der Waals surface area contributed by atoms with Crippen LogP contribution in [0.15, 0.2) is 76.1 Å². The Morgan fingerprint density at radius 3 is 2.65 bits per heavy atom. The van der Waals surface area contributed by atoms with Gasteiger partial charge in [-0.15, -0.1) is 11.3 Å². The molecule has 1 N–H and O–H groups in total. The maximum atomic E-state index is 13.0. The highest BCUT2D eigenvalue weighted by Crippen LogP contribution is 2.28. The Morgan fingerprint density at radius 2 is 1.84 bits per heavy atom. The number of rotatable bonds is 7. The zero-order valence-electron chi connectivity index (χ0n) is 17.0. The minimum absolute atomic E-state index is 0.318. The van der Waals surface area contributed by atoms with Crippen LogP contribution in [-0.2, 0) is 10.0 Å². The summed E-state index contributed by atoms with van der Waals surface area (Å²) in [5.74, 6) is 0. The molecule has 8 heteroatoms. The summed E-state index contributed by atoms with van der Waals surface area (Å²) < 4.78 is 27.5. The van der Waals surface area contributed by atoms with Gasteiger partial charge in [0.15, 0.2) is 0 Å². The molecule has 2 aromatic carbocycles. The van der Waals surface area contributed by atoms with Crippen LogP contribution in [0.3, 0.4) is 0 Å². The normalized spacial score (nSPS) is 15.6. The fourth-order valence-corrected chi connectivity index (χ4v) is 5.61. The van der Waals surface area contributed by atoms with Crippen molar-refractivity contribution in [3.05, 3.63) is 71.6 Å². The molecule has 4 rings (SSSR count). The first-order valence-corrected chi connectivity index (χ1v) is 12.5. The van der Waals surface area contributed by atoms with Gasteiger partial charge in [0, 0.05) is 30.2 Å². The van der Waals surface area contributed by atoms with Crippen molar-refractivity contribution in [2.24, 2.45) is 5.10 Å². The molecule has 1 aromatic heterocycles. The van der Waals surface area contributed by atoms with Crippen LogP contribution in [-0.4, -0.2) is 37.0 Å². The number of hydrazone groups is 1. The number of benzene rings is 2. The Morgan fingerprint density at radius 1 is 1.03 bits per heavy atom. The second-order valence-electron chi connectivity index (χ2n) is 7.19. The highest BCUT2D eigenvalue weighted by Gasteiger charge is 2.26. The number of hydrogen-bond acceptors (Lipinski definition) is 6. The van der Waals surface area contributed by atoms with E-state index in [1.807, 2.05) is 53.9 Å². The van der Waals surface area contributed by atoms with Gasteiger partial charge in [-0.1, -0.05) is 55.0 Å². The van der Waals surface area contributed by atoms with Crippen LogP contribution >= 0.6 is 11.3 Å². The summed E-state index contributed by atoms with van der Waals surface area (Å²) in [6, 6.07) is 17.0. The third-order valence-electron chi connectivity index (χ3n) is 5.00. The van der Waals surface area contributed by atoms with Gasteiger partial charge in [-0.05, 0) is 36.6 Å². The van der Waals surface area contributed by atoms with Gasteiger partial charge in [0.2, 0.25) is 15.2 Å². The van der Waals surface area contributed by atoms with E-state index in [-0.39, 0.29) is 0 Å². The zero-order chi connectivity index (χ0) is 21.5. The number of nitrogens with zero attached hydrogens (tertiary/aromatic N) is 3. The summed E-state index contributed by atoms with van der Waals surface area (Å²) in [4.78, 5) is 4.85. The van der Waals surface area contributed by atoms with E-state index < -0.39 is 10.0 Å². The van der Waals surface area contributed by atoms with Crippen LogP contribution < -0.4 is 5.43 Å². The molecule has 3 aromatic rings. The molecule has 0 unspecified atom stereocenters. The zero-order valence-corrected chi connectivity index (χ0v) is 18.6. The third-order valence-corrected chi connectivity index (χ3v) is 7.64. The van der Waals surface area contributed by atoms with E-state index in [2.05, 4.69) is 15.5 Å². The van der Waals surface area contributed by atoms with Gasteiger partial charge in [0.1, 0.15) is 0 Å². The lowest BCUT2D eigenvalue weighted by Crippen LogP contribution is -2.35. The van der Waals surface area contributed by atoms with E-state index in [0.717, 1.165) is 36.1 Å². The first-order valence-electron chi connectivity index (χ1n) is 10.2. The van der Waals surface area contributed by atoms with Gasteiger partial charge in [0.25, 0.3) is 0 Å². The molecule has 160 valence electrons. The number of nitrogens with one attached hydrogen (secondary N) is 1. The van der Waals surface area contributed by atoms with Crippen molar-refractivity contribution in [3.8, 4) is 11.3 Å². The smallest absolute Gasteiger partial charge is 0.243 e. The maximum absolute atomic E-state index is 13.0. The second-order valence-corrected chi connectivity index (χ2v) is 9.99. The largest absolute Gasteiger partial charge is 0.253 e. The fourth-order valence-electron chi connectivity index (χ4n) is 3.38. The molecular weight excluding hydrogens is 428 g/mol. The molecule has 0 amide bonds. The van der Waals surface area contributed by atoms with Crippen molar-refractivity contribution >= 4 is 38.8 Å². The van der Waals surface area contributed by atoms with E-state index in [0.29, 0.717) is 23.1 Å². The molecule has 0 aliphatic carbocycles. The molecule has 0 saturated carbocycles. The van der Waals surface area contributed by atoms with Gasteiger partial charge >= 0.3 is 0 Å². The second kappa shape index (κ2) is 10.00. The molecule has 1 aliphatic heterocycles. The molecule has 0 bridgehead atoms. The van der Waals surface area contributed by atoms with E-state index in [1.165, 1.54) is 11.3 Å². The standard InChI is InChI=1S/C23H24N4O2S2/c28-31(29,27-15-5-2-6-16-27)21-13-7-12-20(17-21)22-18-30-23(25-22)26-24-14-8-11-19-9-3-1-4-10-19/h1,3-4,7-14,17-18H,2,5-6,15-16H2,(H,25,26). The van der Waals surface area contributed by atoms with E-state index in [9.17, 15) is 8.42 Å². The lowest BCUT2D eigenvalue weighted by molar-refractivity contribution is 0.346. The van der Waals surface area contributed by atoms with Crippen LogP contribution in [0.4, 0.5) is 5.13 Å². The predicted octanol–water partition coefficient (Wildman–Crippen LogP) is 5.10. The molecule has 1 saturated heterocycles. The van der Waals surface area contributed by atoms with Crippen LogP contribution in [0.2, 0.25) is 0 Å². The lowest BCUT2D eigenvalue weighted by atomic mass is 10.2. The molecule has 0 radical (unpaired) electrons. The number of thiazole rings is 1. The van der Waals surface area contributed by atoms with Crippen LogP contribution in [0.1, 0.15) is 24.8 Å². The Labute approximate surface area is 187 Å². The number of allylic oxidation sites excluding steroid dienone is 1. The van der Waals surface area contributed by atoms with Crippen molar-refractivity contribution < 1.29 is 8.42 Å². The quantitative estimate of drug-likeness (QED) is 0.400.